The third kappa shape index (κ3) is 5.75. The zero-order chi connectivity index (χ0) is 29.1. The fraction of sp³-hybridized carbons (Fsp3) is 0.176. The summed E-state index contributed by atoms with van der Waals surface area (Å²) >= 11 is 8.00. The molecule has 0 spiro atoms. The van der Waals surface area contributed by atoms with Gasteiger partial charge in [0.2, 0.25) is 0 Å². The number of amides is 1. The highest BCUT2D eigenvalue weighted by Crippen LogP contribution is 2.36. The SMILES string of the molecule is COc1ccc(C2=NN(C(=O)CSc3cn(Cc4ccccc4Cl)c4ccccc34)C(c3ccc(OC)cc3)C2)cc1. The molecule has 4 aromatic carbocycles. The lowest BCUT2D eigenvalue weighted by Gasteiger charge is -2.22. The van der Waals surface area contributed by atoms with Crippen molar-refractivity contribution in [1.29, 1.82) is 0 Å². The lowest BCUT2D eigenvalue weighted by atomic mass is 9.98. The first kappa shape index (κ1) is 27.9. The molecule has 1 amide bonds. The van der Waals surface area contributed by atoms with Crippen molar-refractivity contribution < 1.29 is 14.3 Å². The number of carbonyl (C=O) groups is 1. The number of rotatable bonds is 9. The van der Waals surface area contributed by atoms with Gasteiger partial charge in [-0.05, 0) is 65.2 Å². The molecule has 8 heteroatoms. The van der Waals surface area contributed by atoms with Crippen LogP contribution in [0.5, 0.6) is 11.5 Å². The van der Waals surface area contributed by atoms with Crippen molar-refractivity contribution in [3.05, 3.63) is 125 Å². The van der Waals surface area contributed by atoms with Gasteiger partial charge in [0, 0.05) is 40.0 Å². The Balaban J connectivity index is 1.26. The van der Waals surface area contributed by atoms with Crippen LogP contribution >= 0.6 is 23.4 Å². The molecule has 1 aliphatic heterocycles. The lowest BCUT2D eigenvalue weighted by Crippen LogP contribution is -2.28. The summed E-state index contributed by atoms with van der Waals surface area (Å²) in [5.41, 5.74) is 5.00. The first-order valence-corrected chi connectivity index (χ1v) is 15.0. The number of halogens is 1. The molecule has 0 fully saturated rings. The number of ether oxygens (including phenoxy) is 2. The number of hydrogen-bond acceptors (Lipinski definition) is 5. The van der Waals surface area contributed by atoms with Gasteiger partial charge < -0.3 is 14.0 Å². The number of carbonyl (C=O) groups excluding carboxylic acids is 1. The van der Waals surface area contributed by atoms with E-state index in [1.54, 1.807) is 19.2 Å². The van der Waals surface area contributed by atoms with E-state index in [1.807, 2.05) is 84.9 Å². The van der Waals surface area contributed by atoms with E-state index in [-0.39, 0.29) is 17.7 Å². The Morgan fingerprint density at radius 1 is 0.905 bits per heavy atom. The van der Waals surface area contributed by atoms with Crippen LogP contribution in [0, 0.1) is 0 Å². The summed E-state index contributed by atoms with van der Waals surface area (Å²) in [5, 5.41) is 8.35. The van der Waals surface area contributed by atoms with Gasteiger partial charge in [-0.15, -0.1) is 11.8 Å². The summed E-state index contributed by atoms with van der Waals surface area (Å²) < 4.78 is 12.9. The van der Waals surface area contributed by atoms with Crippen LogP contribution in [0.2, 0.25) is 5.02 Å². The maximum atomic E-state index is 13.8. The monoisotopic (exact) mass is 595 g/mol. The van der Waals surface area contributed by atoms with E-state index in [0.29, 0.717) is 13.0 Å². The Kier molecular flexibility index (Phi) is 8.22. The van der Waals surface area contributed by atoms with E-state index in [1.165, 1.54) is 11.8 Å². The Morgan fingerprint density at radius 2 is 1.57 bits per heavy atom. The van der Waals surface area contributed by atoms with E-state index in [0.717, 1.165) is 54.7 Å². The highest BCUT2D eigenvalue weighted by Gasteiger charge is 2.33. The standard InChI is InChI=1S/C34H30ClN3O3S/c1-40-26-15-11-23(12-16-26)30-19-32(24-13-17-27(41-2)18-14-24)38(36-30)34(39)22-42-33-21-37(31-10-6-4-8-28(31)33)20-25-7-3-5-9-29(25)35/h3-18,21,32H,19-20,22H2,1-2H3. The number of hydrogen-bond donors (Lipinski definition) is 0. The Labute approximate surface area is 254 Å². The molecule has 212 valence electrons. The van der Waals surface area contributed by atoms with Crippen LogP contribution < -0.4 is 9.47 Å². The minimum Gasteiger partial charge on any atom is -0.497 e. The van der Waals surface area contributed by atoms with Gasteiger partial charge in [-0.1, -0.05) is 60.1 Å². The molecule has 0 N–H and O–H groups in total. The second-order valence-corrected chi connectivity index (χ2v) is 11.4. The van der Waals surface area contributed by atoms with Crippen molar-refractivity contribution in [2.24, 2.45) is 5.10 Å². The molecule has 5 aromatic rings. The molecule has 42 heavy (non-hydrogen) atoms. The predicted octanol–water partition coefficient (Wildman–Crippen LogP) is 7.83. The van der Waals surface area contributed by atoms with Gasteiger partial charge in [0.1, 0.15) is 11.5 Å². The van der Waals surface area contributed by atoms with Crippen LogP contribution in [0.25, 0.3) is 10.9 Å². The van der Waals surface area contributed by atoms with Gasteiger partial charge in [-0.25, -0.2) is 5.01 Å². The highest BCUT2D eigenvalue weighted by atomic mass is 35.5. The van der Waals surface area contributed by atoms with Gasteiger partial charge >= 0.3 is 0 Å². The number of aromatic nitrogens is 1. The molecule has 0 bridgehead atoms. The van der Waals surface area contributed by atoms with Crippen LogP contribution in [-0.2, 0) is 11.3 Å². The van der Waals surface area contributed by atoms with E-state index in [2.05, 4.69) is 22.9 Å². The largest absolute Gasteiger partial charge is 0.497 e. The van der Waals surface area contributed by atoms with Gasteiger partial charge in [-0.2, -0.15) is 5.10 Å². The second kappa shape index (κ2) is 12.3. The minimum atomic E-state index is -0.206. The van der Waals surface area contributed by atoms with Gasteiger partial charge in [0.05, 0.1) is 31.7 Å². The molecular weight excluding hydrogens is 566 g/mol. The van der Waals surface area contributed by atoms with Crippen molar-refractivity contribution in [3.8, 4) is 11.5 Å². The third-order valence-corrected chi connectivity index (χ3v) is 8.89. The van der Waals surface area contributed by atoms with Gasteiger partial charge in [0.15, 0.2) is 0 Å². The molecular formula is C34H30ClN3O3S. The summed E-state index contributed by atoms with van der Waals surface area (Å²) in [6.45, 7) is 0.649. The van der Waals surface area contributed by atoms with Crippen molar-refractivity contribution in [3.63, 3.8) is 0 Å². The summed E-state index contributed by atoms with van der Waals surface area (Å²) in [6.07, 6.45) is 2.73. The number of thioether (sulfide) groups is 1. The predicted molar refractivity (Wildman–Crippen MR) is 170 cm³/mol. The number of methoxy groups -OCH3 is 2. The van der Waals surface area contributed by atoms with Crippen LogP contribution in [0.4, 0.5) is 0 Å². The first-order chi connectivity index (χ1) is 20.5. The summed E-state index contributed by atoms with van der Waals surface area (Å²) in [5.74, 6) is 1.76. The molecule has 0 aliphatic carbocycles. The molecule has 1 unspecified atom stereocenters. The fourth-order valence-corrected chi connectivity index (χ4v) is 6.40. The van der Waals surface area contributed by atoms with Gasteiger partial charge in [0.25, 0.3) is 5.91 Å². The van der Waals surface area contributed by atoms with Crippen molar-refractivity contribution >= 4 is 45.9 Å². The highest BCUT2D eigenvalue weighted by molar-refractivity contribution is 8.00. The number of hydrazone groups is 1. The lowest BCUT2D eigenvalue weighted by molar-refractivity contribution is -0.130. The zero-order valence-corrected chi connectivity index (χ0v) is 24.9. The van der Waals surface area contributed by atoms with E-state index in [9.17, 15) is 4.79 Å². The number of fused-ring (bicyclic) bond motifs is 1. The van der Waals surface area contributed by atoms with Crippen LogP contribution in [0.15, 0.2) is 113 Å². The van der Waals surface area contributed by atoms with Crippen molar-refractivity contribution in [2.45, 2.75) is 23.9 Å². The number of para-hydroxylation sites is 1. The molecule has 6 rings (SSSR count). The Bertz CT molecular complexity index is 1750. The molecule has 1 atom stereocenters. The Hall–Kier alpha value is -4.20. The molecule has 0 saturated heterocycles. The third-order valence-electron chi connectivity index (χ3n) is 7.49. The zero-order valence-electron chi connectivity index (χ0n) is 23.4. The Morgan fingerprint density at radius 3 is 2.29 bits per heavy atom. The summed E-state index contributed by atoms with van der Waals surface area (Å²) in [7, 11) is 3.29. The van der Waals surface area contributed by atoms with Gasteiger partial charge in [-0.3, -0.25) is 4.79 Å². The van der Waals surface area contributed by atoms with Crippen LogP contribution in [0.1, 0.15) is 29.2 Å². The second-order valence-electron chi connectivity index (χ2n) is 10.0. The average molecular weight is 596 g/mol. The molecule has 1 aromatic heterocycles. The van der Waals surface area contributed by atoms with E-state index < -0.39 is 0 Å². The minimum absolute atomic E-state index is 0.0488. The van der Waals surface area contributed by atoms with Crippen LogP contribution in [-0.4, -0.2) is 41.2 Å². The summed E-state index contributed by atoms with van der Waals surface area (Å²) in [4.78, 5) is 14.9. The smallest absolute Gasteiger partial charge is 0.253 e. The first-order valence-electron chi connectivity index (χ1n) is 13.7. The summed E-state index contributed by atoms with van der Waals surface area (Å²) in [6, 6.07) is 31.6. The number of benzene rings is 4. The van der Waals surface area contributed by atoms with Crippen molar-refractivity contribution in [1.82, 2.24) is 9.58 Å². The molecule has 0 radical (unpaired) electrons. The average Bonchev–Trinajstić information content (AvgIpc) is 3.64. The molecule has 2 heterocycles. The van der Waals surface area contributed by atoms with E-state index >= 15 is 0 Å². The van der Waals surface area contributed by atoms with E-state index in [4.69, 9.17) is 26.2 Å². The maximum absolute atomic E-state index is 13.8. The fourth-order valence-electron chi connectivity index (χ4n) is 5.26. The normalized spacial score (nSPS) is 14.7. The molecule has 1 aliphatic rings. The maximum Gasteiger partial charge on any atom is 0.253 e. The number of nitrogens with zero attached hydrogens (tertiary/aromatic N) is 3. The topological polar surface area (TPSA) is 56.1 Å². The van der Waals surface area contributed by atoms with Crippen LogP contribution in [0.3, 0.4) is 0 Å². The molecule has 6 nitrogen and oxygen atoms in total. The quantitative estimate of drug-likeness (QED) is 0.163. The molecule has 0 saturated carbocycles. The van der Waals surface area contributed by atoms with Crippen molar-refractivity contribution in [2.75, 3.05) is 20.0 Å².